The molecule has 0 bridgehead atoms. The summed E-state index contributed by atoms with van der Waals surface area (Å²) >= 11 is 5.88. The molecule has 0 aliphatic heterocycles. The smallest absolute Gasteiger partial charge is 0.255 e. The number of carbonyl (C=O) groups is 1. The number of hydrogen-bond donors (Lipinski definition) is 2. The van der Waals surface area contributed by atoms with Crippen LogP contribution >= 0.6 is 11.6 Å². The van der Waals surface area contributed by atoms with E-state index in [4.69, 9.17) is 18.0 Å². The number of amides is 1. The molecule has 1 amide bonds. The second-order valence-electron chi connectivity index (χ2n) is 4.97. The van der Waals surface area contributed by atoms with Gasteiger partial charge in [-0.2, -0.15) is 4.72 Å². The first kappa shape index (κ1) is 18.0. The van der Waals surface area contributed by atoms with Gasteiger partial charge in [-0.3, -0.25) is 4.79 Å². The maximum absolute atomic E-state index is 12.2. The third-order valence-corrected chi connectivity index (χ3v) is 4.88. The minimum Gasteiger partial charge on any atom is -0.322 e. The van der Waals surface area contributed by atoms with E-state index < -0.39 is 10.0 Å². The van der Waals surface area contributed by atoms with Crippen molar-refractivity contribution < 1.29 is 13.2 Å². The van der Waals surface area contributed by atoms with E-state index in [1.165, 1.54) is 24.3 Å². The van der Waals surface area contributed by atoms with Crippen molar-refractivity contribution in [3.63, 3.8) is 0 Å². The molecule has 2 aromatic rings. The highest BCUT2D eigenvalue weighted by Crippen LogP contribution is 2.20. The molecular weight excluding hydrogens is 348 g/mol. The van der Waals surface area contributed by atoms with E-state index in [9.17, 15) is 13.2 Å². The number of halogens is 1. The predicted molar refractivity (Wildman–Crippen MR) is 94.6 cm³/mol. The van der Waals surface area contributed by atoms with Crippen LogP contribution in [0, 0.1) is 19.3 Å². The van der Waals surface area contributed by atoms with E-state index in [2.05, 4.69) is 16.0 Å². The van der Waals surface area contributed by atoms with Crippen LogP contribution in [0.2, 0.25) is 5.02 Å². The lowest BCUT2D eigenvalue weighted by Gasteiger charge is -2.09. The lowest BCUT2D eigenvalue weighted by atomic mass is 10.1. The van der Waals surface area contributed by atoms with Gasteiger partial charge in [0.2, 0.25) is 10.0 Å². The number of terminal acetylenes is 1. The highest BCUT2D eigenvalue weighted by Gasteiger charge is 2.14. The Morgan fingerprint density at radius 1 is 1.21 bits per heavy atom. The molecule has 24 heavy (non-hydrogen) atoms. The SMILES string of the molecule is C#CCNS(=O)(=O)c1ccc(C(=O)Nc2ccc(Cl)cc2C)cc1. The summed E-state index contributed by atoms with van der Waals surface area (Å²) in [5, 5.41) is 3.34. The second-order valence-corrected chi connectivity index (χ2v) is 7.17. The largest absolute Gasteiger partial charge is 0.322 e. The molecule has 0 saturated carbocycles. The molecule has 0 aromatic heterocycles. The minimum absolute atomic E-state index is 0.0389. The lowest BCUT2D eigenvalue weighted by molar-refractivity contribution is 0.102. The number of anilines is 1. The van der Waals surface area contributed by atoms with Crippen molar-refractivity contribution in [3.05, 3.63) is 58.6 Å². The van der Waals surface area contributed by atoms with E-state index in [-0.39, 0.29) is 17.3 Å². The van der Waals surface area contributed by atoms with Gasteiger partial charge in [0.15, 0.2) is 0 Å². The first-order valence-electron chi connectivity index (χ1n) is 6.94. The summed E-state index contributed by atoms with van der Waals surface area (Å²) in [4.78, 5) is 12.3. The van der Waals surface area contributed by atoms with Crippen LogP contribution < -0.4 is 10.0 Å². The van der Waals surface area contributed by atoms with Gasteiger partial charge in [-0.05, 0) is 55.0 Å². The average Bonchev–Trinajstić information content (AvgIpc) is 2.55. The Labute approximate surface area is 146 Å². The molecule has 2 aromatic carbocycles. The molecule has 0 aliphatic carbocycles. The lowest BCUT2D eigenvalue weighted by Crippen LogP contribution is -2.24. The van der Waals surface area contributed by atoms with Crippen LogP contribution in [0.4, 0.5) is 5.69 Å². The summed E-state index contributed by atoms with van der Waals surface area (Å²) < 4.78 is 26.1. The van der Waals surface area contributed by atoms with Gasteiger partial charge >= 0.3 is 0 Å². The predicted octanol–water partition coefficient (Wildman–Crippen LogP) is 2.81. The van der Waals surface area contributed by atoms with E-state index in [0.717, 1.165) is 5.56 Å². The van der Waals surface area contributed by atoms with Crippen LogP contribution in [0.15, 0.2) is 47.4 Å². The normalized spacial score (nSPS) is 10.9. The van der Waals surface area contributed by atoms with Crippen molar-refractivity contribution in [2.45, 2.75) is 11.8 Å². The maximum Gasteiger partial charge on any atom is 0.255 e. The van der Waals surface area contributed by atoms with Crippen LogP contribution in [-0.4, -0.2) is 20.9 Å². The summed E-state index contributed by atoms with van der Waals surface area (Å²) in [6.07, 6.45) is 5.03. The van der Waals surface area contributed by atoms with Gasteiger partial charge in [0, 0.05) is 16.3 Å². The Balaban J connectivity index is 2.16. The van der Waals surface area contributed by atoms with Crippen molar-refractivity contribution >= 4 is 33.2 Å². The summed E-state index contributed by atoms with van der Waals surface area (Å²) in [7, 11) is -3.67. The number of sulfonamides is 1. The zero-order chi connectivity index (χ0) is 17.7. The van der Waals surface area contributed by atoms with E-state index >= 15 is 0 Å². The third-order valence-electron chi connectivity index (χ3n) is 3.23. The molecule has 7 heteroatoms. The highest BCUT2D eigenvalue weighted by atomic mass is 35.5. The molecular formula is C17H15ClN2O3S. The van der Waals surface area contributed by atoms with Gasteiger partial charge in [0.25, 0.3) is 5.91 Å². The Morgan fingerprint density at radius 3 is 2.46 bits per heavy atom. The Bertz CT molecular complexity index is 900. The van der Waals surface area contributed by atoms with E-state index in [0.29, 0.717) is 16.3 Å². The number of benzene rings is 2. The van der Waals surface area contributed by atoms with Crippen molar-refractivity contribution in [2.24, 2.45) is 0 Å². The van der Waals surface area contributed by atoms with Crippen molar-refractivity contribution in [1.29, 1.82) is 0 Å². The number of carbonyl (C=O) groups excluding carboxylic acids is 1. The molecule has 0 spiro atoms. The van der Waals surface area contributed by atoms with Crippen LogP contribution in [0.5, 0.6) is 0 Å². The standard InChI is InChI=1S/C17H15ClN2O3S/c1-3-10-19-24(22,23)15-7-4-13(5-8-15)17(21)20-16-9-6-14(18)11-12(16)2/h1,4-9,11,19H,10H2,2H3,(H,20,21). The fourth-order valence-electron chi connectivity index (χ4n) is 1.97. The summed E-state index contributed by atoms with van der Waals surface area (Å²) in [5.41, 5.74) is 1.80. The van der Waals surface area contributed by atoms with Crippen LogP contribution in [0.25, 0.3) is 0 Å². The highest BCUT2D eigenvalue weighted by molar-refractivity contribution is 7.89. The minimum atomic E-state index is -3.67. The summed E-state index contributed by atoms with van der Waals surface area (Å²) in [6.45, 7) is 1.73. The molecule has 2 rings (SSSR count). The Kier molecular flexibility index (Phi) is 5.62. The topological polar surface area (TPSA) is 75.3 Å². The van der Waals surface area contributed by atoms with E-state index in [1.807, 2.05) is 6.92 Å². The monoisotopic (exact) mass is 362 g/mol. The zero-order valence-electron chi connectivity index (χ0n) is 12.8. The molecule has 0 unspecified atom stereocenters. The van der Waals surface area contributed by atoms with Gasteiger partial charge in [0.05, 0.1) is 11.4 Å². The fraction of sp³-hybridized carbons (Fsp3) is 0.118. The van der Waals surface area contributed by atoms with Crippen LogP contribution in [0.1, 0.15) is 15.9 Å². The maximum atomic E-state index is 12.2. The fourth-order valence-corrected chi connectivity index (χ4v) is 3.13. The first-order chi connectivity index (χ1) is 11.3. The van der Waals surface area contributed by atoms with Crippen molar-refractivity contribution in [1.82, 2.24) is 4.72 Å². The molecule has 0 fully saturated rings. The quantitative estimate of drug-likeness (QED) is 0.803. The van der Waals surface area contributed by atoms with Crippen LogP contribution in [0.3, 0.4) is 0 Å². The Hall–Kier alpha value is -2.33. The van der Waals surface area contributed by atoms with E-state index in [1.54, 1.807) is 18.2 Å². The number of hydrogen-bond acceptors (Lipinski definition) is 3. The molecule has 5 nitrogen and oxygen atoms in total. The zero-order valence-corrected chi connectivity index (χ0v) is 14.4. The van der Waals surface area contributed by atoms with Crippen molar-refractivity contribution in [2.75, 3.05) is 11.9 Å². The van der Waals surface area contributed by atoms with Gasteiger partial charge in [0.1, 0.15) is 0 Å². The van der Waals surface area contributed by atoms with Gasteiger partial charge < -0.3 is 5.32 Å². The molecule has 0 heterocycles. The number of nitrogens with one attached hydrogen (secondary N) is 2. The molecule has 2 N–H and O–H groups in total. The number of aryl methyl sites for hydroxylation is 1. The average molecular weight is 363 g/mol. The van der Waals surface area contributed by atoms with Gasteiger partial charge in [-0.1, -0.05) is 17.5 Å². The van der Waals surface area contributed by atoms with Crippen molar-refractivity contribution in [3.8, 4) is 12.3 Å². The van der Waals surface area contributed by atoms with Gasteiger partial charge in [-0.15, -0.1) is 6.42 Å². The Morgan fingerprint density at radius 2 is 1.88 bits per heavy atom. The molecule has 0 radical (unpaired) electrons. The second kappa shape index (κ2) is 7.49. The van der Waals surface area contributed by atoms with Gasteiger partial charge in [-0.25, -0.2) is 8.42 Å². The summed E-state index contributed by atoms with van der Waals surface area (Å²) in [5.74, 6) is 1.85. The first-order valence-corrected chi connectivity index (χ1v) is 8.80. The third kappa shape index (κ3) is 4.36. The van der Waals surface area contributed by atoms with Crippen LogP contribution in [-0.2, 0) is 10.0 Å². The molecule has 0 aliphatic rings. The molecule has 0 saturated heterocycles. The molecule has 124 valence electrons. The molecule has 0 atom stereocenters. The number of rotatable bonds is 5. The summed E-state index contributed by atoms with van der Waals surface area (Å²) in [6, 6.07) is 10.7.